The Balaban J connectivity index is 2.54. The Bertz CT molecular complexity index is 631. The summed E-state index contributed by atoms with van der Waals surface area (Å²) in [6, 6.07) is 5.46. The second-order valence-electron chi connectivity index (χ2n) is 3.62. The van der Waals surface area contributed by atoms with Gasteiger partial charge < -0.3 is 0 Å². The number of anilines is 1. The van der Waals surface area contributed by atoms with Gasteiger partial charge in [-0.15, -0.1) is 11.3 Å². The molecule has 1 aromatic carbocycles. The number of nitrogens with zero attached hydrogens (tertiary/aromatic N) is 2. The summed E-state index contributed by atoms with van der Waals surface area (Å²) in [5, 5.41) is 0.981. The smallest absolute Gasteiger partial charge is 0.231 e. The van der Waals surface area contributed by atoms with E-state index in [1.165, 1.54) is 10.6 Å². The normalized spacial score (nSPS) is 11.9. The quantitative estimate of drug-likeness (QED) is 0.825. The average Bonchev–Trinajstić information content (AvgIpc) is 2.54. The standard InChI is InChI=1S/C10H12N2O2S2/c1-7-11-9-5-4-8(6-10(9)15-7)12(2)16(3,13)14/h4-6H,1-3H3. The van der Waals surface area contributed by atoms with E-state index in [1.54, 1.807) is 24.5 Å². The van der Waals surface area contributed by atoms with E-state index in [4.69, 9.17) is 0 Å². The van der Waals surface area contributed by atoms with Gasteiger partial charge in [-0.3, -0.25) is 4.31 Å². The Labute approximate surface area is 98.6 Å². The van der Waals surface area contributed by atoms with Gasteiger partial charge >= 0.3 is 0 Å². The maximum absolute atomic E-state index is 11.4. The molecule has 2 aromatic rings. The average molecular weight is 256 g/mol. The van der Waals surface area contributed by atoms with Crippen molar-refractivity contribution in [1.29, 1.82) is 0 Å². The molecule has 0 fully saturated rings. The number of aromatic nitrogens is 1. The van der Waals surface area contributed by atoms with E-state index in [-0.39, 0.29) is 0 Å². The SMILES string of the molecule is Cc1nc2ccc(N(C)S(C)(=O)=O)cc2s1. The van der Waals surface area contributed by atoms with Crippen LogP contribution in [-0.2, 0) is 10.0 Å². The molecule has 0 spiro atoms. The van der Waals surface area contributed by atoms with E-state index in [1.807, 2.05) is 19.1 Å². The second kappa shape index (κ2) is 3.71. The van der Waals surface area contributed by atoms with Crippen molar-refractivity contribution in [3.8, 4) is 0 Å². The highest BCUT2D eigenvalue weighted by atomic mass is 32.2. The lowest BCUT2D eigenvalue weighted by Gasteiger charge is -2.16. The predicted octanol–water partition coefficient (Wildman–Crippen LogP) is 2.00. The number of thiazole rings is 1. The predicted molar refractivity (Wildman–Crippen MR) is 67.6 cm³/mol. The topological polar surface area (TPSA) is 50.3 Å². The molecule has 0 amide bonds. The number of hydrogen-bond acceptors (Lipinski definition) is 4. The van der Waals surface area contributed by atoms with Crippen LogP contribution in [0.15, 0.2) is 18.2 Å². The van der Waals surface area contributed by atoms with Crippen LogP contribution in [-0.4, -0.2) is 26.7 Å². The van der Waals surface area contributed by atoms with Crippen molar-refractivity contribution in [3.05, 3.63) is 23.2 Å². The highest BCUT2D eigenvalue weighted by Gasteiger charge is 2.12. The van der Waals surface area contributed by atoms with Gasteiger partial charge in [0.25, 0.3) is 0 Å². The second-order valence-corrected chi connectivity index (χ2v) is 6.86. The fraction of sp³-hybridized carbons (Fsp3) is 0.300. The number of hydrogen-bond donors (Lipinski definition) is 0. The van der Waals surface area contributed by atoms with Crippen molar-refractivity contribution < 1.29 is 8.42 Å². The molecule has 0 saturated heterocycles. The molecule has 16 heavy (non-hydrogen) atoms. The Morgan fingerprint density at radius 3 is 2.69 bits per heavy atom. The molecule has 0 N–H and O–H groups in total. The van der Waals surface area contributed by atoms with Crippen LogP contribution in [0.5, 0.6) is 0 Å². The Morgan fingerprint density at radius 2 is 2.06 bits per heavy atom. The third kappa shape index (κ3) is 2.03. The molecule has 1 heterocycles. The van der Waals surface area contributed by atoms with Crippen molar-refractivity contribution >= 4 is 37.3 Å². The summed E-state index contributed by atoms with van der Waals surface area (Å²) in [5.74, 6) is 0. The van der Waals surface area contributed by atoms with Crippen LogP contribution in [0.25, 0.3) is 10.2 Å². The molecular weight excluding hydrogens is 244 g/mol. The van der Waals surface area contributed by atoms with Crippen molar-refractivity contribution in [2.75, 3.05) is 17.6 Å². The van der Waals surface area contributed by atoms with Crippen molar-refractivity contribution in [2.45, 2.75) is 6.92 Å². The first-order valence-corrected chi connectivity index (χ1v) is 7.35. The molecular formula is C10H12N2O2S2. The van der Waals surface area contributed by atoms with Gasteiger partial charge in [0.15, 0.2) is 0 Å². The van der Waals surface area contributed by atoms with Crippen LogP contribution in [0.4, 0.5) is 5.69 Å². The van der Waals surface area contributed by atoms with Gasteiger partial charge in [-0.2, -0.15) is 0 Å². The first kappa shape index (κ1) is 11.3. The summed E-state index contributed by atoms with van der Waals surface area (Å²) in [6.07, 6.45) is 1.19. The highest BCUT2D eigenvalue weighted by molar-refractivity contribution is 7.92. The van der Waals surface area contributed by atoms with Gasteiger partial charge in [-0.05, 0) is 25.1 Å². The van der Waals surface area contributed by atoms with Crippen LogP contribution in [0, 0.1) is 6.92 Å². The number of aryl methyl sites for hydroxylation is 1. The zero-order chi connectivity index (χ0) is 11.9. The molecule has 0 atom stereocenters. The van der Waals surface area contributed by atoms with E-state index in [2.05, 4.69) is 4.98 Å². The van der Waals surface area contributed by atoms with E-state index < -0.39 is 10.0 Å². The van der Waals surface area contributed by atoms with Crippen molar-refractivity contribution in [3.63, 3.8) is 0 Å². The minimum Gasteiger partial charge on any atom is -0.273 e. The lowest BCUT2D eigenvalue weighted by atomic mass is 10.3. The molecule has 0 aliphatic carbocycles. The lowest BCUT2D eigenvalue weighted by Crippen LogP contribution is -2.24. The molecule has 1 aromatic heterocycles. The summed E-state index contributed by atoms with van der Waals surface area (Å²) in [7, 11) is -1.65. The Morgan fingerprint density at radius 1 is 1.38 bits per heavy atom. The summed E-state index contributed by atoms with van der Waals surface area (Å²) >= 11 is 1.56. The Hall–Kier alpha value is -1.14. The molecule has 0 bridgehead atoms. The molecule has 86 valence electrons. The molecule has 0 radical (unpaired) electrons. The van der Waals surface area contributed by atoms with Crippen LogP contribution in [0.2, 0.25) is 0 Å². The maximum atomic E-state index is 11.4. The fourth-order valence-electron chi connectivity index (χ4n) is 1.42. The maximum Gasteiger partial charge on any atom is 0.231 e. The van der Waals surface area contributed by atoms with Crippen LogP contribution in [0.1, 0.15) is 5.01 Å². The van der Waals surface area contributed by atoms with Crippen molar-refractivity contribution in [1.82, 2.24) is 4.98 Å². The van der Waals surface area contributed by atoms with Crippen LogP contribution < -0.4 is 4.31 Å². The number of rotatable bonds is 2. The van der Waals surface area contributed by atoms with E-state index >= 15 is 0 Å². The van der Waals surface area contributed by atoms with E-state index in [0.717, 1.165) is 15.2 Å². The monoisotopic (exact) mass is 256 g/mol. The third-order valence-electron chi connectivity index (χ3n) is 2.34. The first-order valence-electron chi connectivity index (χ1n) is 4.69. The summed E-state index contributed by atoms with van der Waals surface area (Å²) in [5.41, 5.74) is 1.58. The lowest BCUT2D eigenvalue weighted by molar-refractivity contribution is 0.600. The first-order chi connectivity index (χ1) is 7.38. The molecule has 0 aliphatic rings. The minimum absolute atomic E-state index is 0.665. The van der Waals surface area contributed by atoms with E-state index in [9.17, 15) is 8.42 Å². The summed E-state index contributed by atoms with van der Waals surface area (Å²) in [4.78, 5) is 4.33. The van der Waals surface area contributed by atoms with Gasteiger partial charge in [0.1, 0.15) is 0 Å². The molecule has 2 rings (SSSR count). The van der Waals surface area contributed by atoms with Gasteiger partial charge in [0, 0.05) is 7.05 Å². The van der Waals surface area contributed by atoms with Crippen molar-refractivity contribution in [2.24, 2.45) is 0 Å². The number of sulfonamides is 1. The fourth-order valence-corrected chi connectivity index (χ4v) is 2.77. The highest BCUT2D eigenvalue weighted by Crippen LogP contribution is 2.26. The minimum atomic E-state index is -3.20. The summed E-state index contributed by atoms with van der Waals surface area (Å²) < 4.78 is 25.0. The molecule has 0 aliphatic heterocycles. The van der Waals surface area contributed by atoms with Gasteiger partial charge in [0.05, 0.1) is 27.2 Å². The van der Waals surface area contributed by atoms with Crippen LogP contribution in [0.3, 0.4) is 0 Å². The number of benzene rings is 1. The molecule has 0 saturated carbocycles. The zero-order valence-corrected chi connectivity index (χ0v) is 10.9. The summed E-state index contributed by atoms with van der Waals surface area (Å²) in [6.45, 7) is 1.94. The largest absolute Gasteiger partial charge is 0.273 e. The Kier molecular flexibility index (Phi) is 2.63. The van der Waals surface area contributed by atoms with Crippen LogP contribution >= 0.6 is 11.3 Å². The third-order valence-corrected chi connectivity index (χ3v) is 4.48. The molecule has 6 heteroatoms. The molecule has 4 nitrogen and oxygen atoms in total. The van der Waals surface area contributed by atoms with Gasteiger partial charge in [-0.1, -0.05) is 0 Å². The van der Waals surface area contributed by atoms with Gasteiger partial charge in [-0.25, -0.2) is 13.4 Å². The van der Waals surface area contributed by atoms with Gasteiger partial charge in [0.2, 0.25) is 10.0 Å². The number of fused-ring (bicyclic) bond motifs is 1. The molecule has 0 unspecified atom stereocenters. The van der Waals surface area contributed by atoms with E-state index in [0.29, 0.717) is 5.69 Å². The zero-order valence-electron chi connectivity index (χ0n) is 9.26.